The number of hydrogen-bond acceptors (Lipinski definition) is 3. The third-order valence-corrected chi connectivity index (χ3v) is 5.66. The molecule has 1 aromatic rings. The van der Waals surface area contributed by atoms with Crippen molar-refractivity contribution in [3.63, 3.8) is 0 Å². The van der Waals surface area contributed by atoms with Crippen LogP contribution in [0.1, 0.15) is 32.3 Å². The molecule has 1 N–H and O–H groups in total. The van der Waals surface area contributed by atoms with Gasteiger partial charge in [0, 0.05) is 26.1 Å². The molecule has 0 aliphatic carbocycles. The lowest BCUT2D eigenvalue weighted by atomic mass is 9.92. The molecule has 5 nitrogen and oxygen atoms in total. The number of aryl methyl sites for hydroxylation is 1. The average Bonchev–Trinajstić information content (AvgIpc) is 2.46. The van der Waals surface area contributed by atoms with Crippen molar-refractivity contribution in [2.75, 3.05) is 19.6 Å². The number of carbonyl (C=O) groups is 1. The van der Waals surface area contributed by atoms with Crippen LogP contribution in [0.25, 0.3) is 0 Å². The van der Waals surface area contributed by atoms with E-state index in [4.69, 9.17) is 0 Å². The molecule has 0 bridgehead atoms. The lowest BCUT2D eigenvalue weighted by Crippen LogP contribution is -2.43. The minimum absolute atomic E-state index is 0.0232. The number of benzene rings is 1. The van der Waals surface area contributed by atoms with Gasteiger partial charge < -0.3 is 4.90 Å². The zero-order valence-corrected chi connectivity index (χ0v) is 14.9. The lowest BCUT2D eigenvalue weighted by Gasteiger charge is -2.35. The molecule has 1 aliphatic rings. The molecule has 128 valence electrons. The van der Waals surface area contributed by atoms with Crippen molar-refractivity contribution in [1.29, 1.82) is 0 Å². The Balaban J connectivity index is 1.86. The summed E-state index contributed by atoms with van der Waals surface area (Å²) in [4.78, 5) is 14.3. The van der Waals surface area contributed by atoms with E-state index in [9.17, 15) is 13.2 Å². The fourth-order valence-corrected chi connectivity index (χ4v) is 4.15. The minimum Gasteiger partial charge on any atom is -0.342 e. The van der Waals surface area contributed by atoms with Gasteiger partial charge in [-0.05, 0) is 37.3 Å². The highest BCUT2D eigenvalue weighted by molar-refractivity contribution is 7.89. The van der Waals surface area contributed by atoms with Crippen LogP contribution in [0.5, 0.6) is 0 Å². The highest BCUT2D eigenvalue weighted by Gasteiger charge is 2.25. The number of nitrogens with zero attached hydrogens (tertiary/aromatic N) is 1. The first-order valence-corrected chi connectivity index (χ1v) is 9.60. The number of carbonyl (C=O) groups excluding carboxylic acids is 1. The van der Waals surface area contributed by atoms with Gasteiger partial charge in [-0.3, -0.25) is 4.79 Å². The highest BCUT2D eigenvalue weighted by Crippen LogP contribution is 2.21. The van der Waals surface area contributed by atoms with Crippen molar-refractivity contribution in [1.82, 2.24) is 9.62 Å². The second-order valence-electron chi connectivity index (χ2n) is 6.71. The fraction of sp³-hybridized carbons (Fsp3) is 0.588. The SMILES string of the molecule is Cc1ccc(S(=O)(=O)NCCC(=O)N2CC(C)CC(C)C2)cc1. The largest absolute Gasteiger partial charge is 0.342 e. The van der Waals surface area contributed by atoms with Gasteiger partial charge in [-0.15, -0.1) is 0 Å². The number of hydrogen-bond donors (Lipinski definition) is 1. The van der Waals surface area contributed by atoms with Crippen LogP contribution in [0, 0.1) is 18.8 Å². The van der Waals surface area contributed by atoms with E-state index in [0.29, 0.717) is 11.8 Å². The van der Waals surface area contributed by atoms with Crippen LogP contribution in [0.4, 0.5) is 0 Å². The molecule has 2 unspecified atom stereocenters. The molecule has 1 amide bonds. The molecule has 1 aliphatic heterocycles. The Hall–Kier alpha value is -1.40. The van der Waals surface area contributed by atoms with Gasteiger partial charge in [0.25, 0.3) is 0 Å². The normalized spacial score (nSPS) is 22.1. The molecule has 1 fully saturated rings. The molecule has 0 radical (unpaired) electrons. The molecular weight excluding hydrogens is 312 g/mol. The Morgan fingerprint density at radius 1 is 1.17 bits per heavy atom. The topological polar surface area (TPSA) is 66.5 Å². The molecule has 1 aromatic carbocycles. The van der Waals surface area contributed by atoms with E-state index in [0.717, 1.165) is 25.1 Å². The smallest absolute Gasteiger partial charge is 0.240 e. The number of likely N-dealkylation sites (tertiary alicyclic amines) is 1. The molecule has 0 aromatic heterocycles. The number of nitrogens with one attached hydrogen (secondary N) is 1. The fourth-order valence-electron chi connectivity index (χ4n) is 3.12. The van der Waals surface area contributed by atoms with E-state index in [-0.39, 0.29) is 23.8 Å². The molecule has 0 spiro atoms. The third-order valence-electron chi connectivity index (χ3n) is 4.18. The lowest BCUT2D eigenvalue weighted by molar-refractivity contribution is -0.133. The van der Waals surface area contributed by atoms with Gasteiger partial charge >= 0.3 is 0 Å². The van der Waals surface area contributed by atoms with Crippen LogP contribution in [0.15, 0.2) is 29.2 Å². The number of amides is 1. The first-order valence-electron chi connectivity index (χ1n) is 8.12. The van der Waals surface area contributed by atoms with E-state index in [1.54, 1.807) is 24.3 Å². The highest BCUT2D eigenvalue weighted by atomic mass is 32.2. The molecule has 1 heterocycles. The van der Waals surface area contributed by atoms with Gasteiger partial charge in [-0.2, -0.15) is 0 Å². The van der Waals surface area contributed by atoms with Gasteiger partial charge in [-0.1, -0.05) is 31.5 Å². The van der Waals surface area contributed by atoms with E-state index < -0.39 is 10.0 Å². The predicted molar refractivity (Wildman–Crippen MR) is 90.5 cm³/mol. The van der Waals surface area contributed by atoms with Gasteiger partial charge in [0.2, 0.25) is 15.9 Å². The van der Waals surface area contributed by atoms with Crippen molar-refractivity contribution in [2.24, 2.45) is 11.8 Å². The summed E-state index contributed by atoms with van der Waals surface area (Å²) in [5.41, 5.74) is 1.01. The van der Waals surface area contributed by atoms with E-state index in [1.165, 1.54) is 0 Å². The van der Waals surface area contributed by atoms with Crippen molar-refractivity contribution in [2.45, 2.75) is 38.5 Å². The summed E-state index contributed by atoms with van der Waals surface area (Å²) < 4.78 is 26.9. The predicted octanol–water partition coefficient (Wildman–Crippen LogP) is 2.17. The number of sulfonamides is 1. The molecule has 23 heavy (non-hydrogen) atoms. The molecule has 6 heteroatoms. The first kappa shape index (κ1) is 17.9. The van der Waals surface area contributed by atoms with Gasteiger partial charge in [0.15, 0.2) is 0 Å². The molecule has 0 saturated carbocycles. The van der Waals surface area contributed by atoms with E-state index >= 15 is 0 Å². The zero-order chi connectivity index (χ0) is 17.0. The standard InChI is InChI=1S/C17H26N2O3S/c1-13-4-6-16(7-5-13)23(21,22)18-9-8-17(20)19-11-14(2)10-15(3)12-19/h4-7,14-15,18H,8-12H2,1-3H3. The van der Waals surface area contributed by atoms with E-state index in [1.807, 2.05) is 11.8 Å². The number of piperidine rings is 1. The summed E-state index contributed by atoms with van der Waals surface area (Å²) >= 11 is 0. The van der Waals surface area contributed by atoms with Crippen LogP contribution >= 0.6 is 0 Å². The zero-order valence-electron chi connectivity index (χ0n) is 14.1. The number of rotatable bonds is 5. The minimum atomic E-state index is -3.55. The summed E-state index contributed by atoms with van der Waals surface area (Å²) in [6.07, 6.45) is 1.34. The molecule has 2 rings (SSSR count). The van der Waals surface area contributed by atoms with Crippen molar-refractivity contribution in [3.05, 3.63) is 29.8 Å². The maximum atomic E-state index is 12.2. The van der Waals surface area contributed by atoms with E-state index in [2.05, 4.69) is 18.6 Å². The van der Waals surface area contributed by atoms with Crippen LogP contribution in [-0.4, -0.2) is 38.9 Å². The first-order chi connectivity index (χ1) is 10.8. The summed E-state index contributed by atoms with van der Waals surface area (Å²) in [7, 11) is -3.55. The Morgan fingerprint density at radius 2 is 1.74 bits per heavy atom. The second kappa shape index (κ2) is 7.45. The second-order valence-corrected chi connectivity index (χ2v) is 8.47. The summed E-state index contributed by atoms with van der Waals surface area (Å²) in [6, 6.07) is 6.67. The Bertz CT molecular complexity index is 630. The quantitative estimate of drug-likeness (QED) is 0.895. The van der Waals surface area contributed by atoms with Crippen molar-refractivity contribution >= 4 is 15.9 Å². The van der Waals surface area contributed by atoms with Crippen molar-refractivity contribution < 1.29 is 13.2 Å². The Kier molecular flexibility index (Phi) is 5.81. The van der Waals surface area contributed by atoms with Gasteiger partial charge in [0.05, 0.1) is 4.90 Å². The average molecular weight is 338 g/mol. The summed E-state index contributed by atoms with van der Waals surface area (Å²) in [6.45, 7) is 7.88. The molecular formula is C17H26N2O3S. The summed E-state index contributed by atoms with van der Waals surface area (Å²) in [5, 5.41) is 0. The summed E-state index contributed by atoms with van der Waals surface area (Å²) in [5.74, 6) is 1.04. The van der Waals surface area contributed by atoms with Crippen LogP contribution in [-0.2, 0) is 14.8 Å². The maximum absolute atomic E-state index is 12.2. The van der Waals surface area contributed by atoms with Crippen molar-refractivity contribution in [3.8, 4) is 0 Å². The Labute approximate surface area is 139 Å². The molecule has 1 saturated heterocycles. The van der Waals surface area contributed by atoms with Crippen LogP contribution in [0.3, 0.4) is 0 Å². The molecule has 2 atom stereocenters. The van der Waals surface area contributed by atoms with Gasteiger partial charge in [0.1, 0.15) is 0 Å². The van der Waals surface area contributed by atoms with Crippen LogP contribution < -0.4 is 4.72 Å². The van der Waals surface area contributed by atoms with Gasteiger partial charge in [-0.25, -0.2) is 13.1 Å². The van der Waals surface area contributed by atoms with Crippen LogP contribution in [0.2, 0.25) is 0 Å². The maximum Gasteiger partial charge on any atom is 0.240 e. The Morgan fingerprint density at radius 3 is 2.30 bits per heavy atom. The third kappa shape index (κ3) is 5.04. The monoisotopic (exact) mass is 338 g/mol.